The summed E-state index contributed by atoms with van der Waals surface area (Å²) in [7, 11) is -3.39. The highest BCUT2D eigenvalue weighted by atomic mass is 32.2. The van der Waals surface area contributed by atoms with Crippen molar-refractivity contribution in [1.82, 2.24) is 5.01 Å². The fourth-order valence-corrected chi connectivity index (χ4v) is 3.82. The van der Waals surface area contributed by atoms with Crippen LogP contribution >= 0.6 is 0 Å². The van der Waals surface area contributed by atoms with E-state index < -0.39 is 10.0 Å². The molecule has 0 spiro atoms. The van der Waals surface area contributed by atoms with Crippen LogP contribution in [-0.4, -0.2) is 31.3 Å². The van der Waals surface area contributed by atoms with Crippen LogP contribution < -0.4 is 4.72 Å². The number of hydrogen-bond donors (Lipinski definition) is 1. The summed E-state index contributed by atoms with van der Waals surface area (Å²) in [5.74, 6) is 0.408. The van der Waals surface area contributed by atoms with Crippen LogP contribution in [0, 0.1) is 0 Å². The SMILES string of the molecule is CS(=O)(=O)Nc1cccc(C2=NN(C(=O)c3ccccc3)C(c3ccco3)C2)c1. The molecule has 2 aromatic carbocycles. The first-order valence-corrected chi connectivity index (χ1v) is 10.9. The van der Waals surface area contributed by atoms with Crippen LogP contribution in [0.15, 0.2) is 82.5 Å². The molecule has 0 aliphatic carbocycles. The number of carbonyl (C=O) groups excluding carboxylic acids is 1. The van der Waals surface area contributed by atoms with Gasteiger partial charge in [0.1, 0.15) is 11.8 Å². The molecule has 8 heteroatoms. The van der Waals surface area contributed by atoms with Gasteiger partial charge in [0.2, 0.25) is 10.0 Å². The topological polar surface area (TPSA) is 92.0 Å². The smallest absolute Gasteiger partial charge is 0.274 e. The second kappa shape index (κ2) is 7.56. The maximum Gasteiger partial charge on any atom is 0.274 e. The number of sulfonamides is 1. The number of nitrogens with one attached hydrogen (secondary N) is 1. The summed E-state index contributed by atoms with van der Waals surface area (Å²) < 4.78 is 31.1. The van der Waals surface area contributed by atoms with Gasteiger partial charge in [-0.15, -0.1) is 0 Å². The lowest BCUT2D eigenvalue weighted by atomic mass is 10.0. The largest absolute Gasteiger partial charge is 0.467 e. The molecule has 1 atom stereocenters. The molecule has 1 aliphatic heterocycles. The van der Waals surface area contributed by atoms with Crippen LogP contribution in [0.1, 0.15) is 34.1 Å². The van der Waals surface area contributed by atoms with E-state index in [-0.39, 0.29) is 11.9 Å². The third-order valence-electron chi connectivity index (χ3n) is 4.51. The van der Waals surface area contributed by atoms with Gasteiger partial charge in [-0.3, -0.25) is 9.52 Å². The van der Waals surface area contributed by atoms with Crippen molar-refractivity contribution in [1.29, 1.82) is 0 Å². The van der Waals surface area contributed by atoms with Crippen LogP contribution in [0.2, 0.25) is 0 Å². The molecule has 1 amide bonds. The number of carbonyl (C=O) groups is 1. The first kappa shape index (κ1) is 18.9. The number of anilines is 1. The normalized spacial score (nSPS) is 16.5. The second-order valence-corrected chi connectivity index (χ2v) is 8.50. The summed E-state index contributed by atoms with van der Waals surface area (Å²) in [6.45, 7) is 0. The molecule has 0 radical (unpaired) electrons. The molecule has 1 aliphatic rings. The molecule has 1 N–H and O–H groups in total. The monoisotopic (exact) mass is 409 g/mol. The van der Waals surface area contributed by atoms with E-state index in [9.17, 15) is 13.2 Å². The van der Waals surface area contributed by atoms with Crippen LogP contribution in [0.4, 0.5) is 5.69 Å². The average molecular weight is 409 g/mol. The summed E-state index contributed by atoms with van der Waals surface area (Å²) in [4.78, 5) is 13.1. The predicted molar refractivity (Wildman–Crippen MR) is 110 cm³/mol. The van der Waals surface area contributed by atoms with E-state index in [0.29, 0.717) is 29.1 Å². The van der Waals surface area contributed by atoms with Crippen molar-refractivity contribution in [2.45, 2.75) is 12.5 Å². The lowest BCUT2D eigenvalue weighted by molar-refractivity contribution is 0.0693. The molecule has 0 saturated heterocycles. The molecule has 3 aromatic rings. The van der Waals surface area contributed by atoms with Crippen molar-refractivity contribution >= 4 is 27.3 Å². The number of hydrogen-bond acceptors (Lipinski definition) is 5. The Kier molecular flexibility index (Phi) is 4.94. The van der Waals surface area contributed by atoms with Crippen LogP contribution in [-0.2, 0) is 10.0 Å². The Hall–Kier alpha value is -3.39. The molecule has 29 heavy (non-hydrogen) atoms. The number of hydrazone groups is 1. The molecule has 148 valence electrons. The zero-order valence-electron chi connectivity index (χ0n) is 15.6. The fourth-order valence-electron chi connectivity index (χ4n) is 3.26. The van der Waals surface area contributed by atoms with E-state index in [0.717, 1.165) is 11.8 Å². The first-order chi connectivity index (χ1) is 13.9. The minimum atomic E-state index is -3.39. The molecular weight excluding hydrogens is 390 g/mol. The van der Waals surface area contributed by atoms with Crippen molar-refractivity contribution in [3.8, 4) is 0 Å². The maximum absolute atomic E-state index is 13.1. The average Bonchev–Trinajstić information content (AvgIpc) is 3.37. The van der Waals surface area contributed by atoms with Gasteiger partial charge in [-0.25, -0.2) is 13.4 Å². The van der Waals surface area contributed by atoms with E-state index in [2.05, 4.69) is 9.82 Å². The molecular formula is C21H19N3O4S. The molecule has 1 unspecified atom stereocenters. The number of rotatable bonds is 5. The van der Waals surface area contributed by atoms with Gasteiger partial charge in [-0.05, 0) is 42.0 Å². The molecule has 4 rings (SSSR count). The zero-order valence-corrected chi connectivity index (χ0v) is 16.5. The fraction of sp³-hybridized carbons (Fsp3) is 0.143. The van der Waals surface area contributed by atoms with Crippen molar-refractivity contribution in [3.63, 3.8) is 0 Å². The quantitative estimate of drug-likeness (QED) is 0.696. The Labute approximate surface area is 168 Å². The van der Waals surface area contributed by atoms with Gasteiger partial charge in [0, 0.05) is 17.7 Å². The van der Waals surface area contributed by atoms with Gasteiger partial charge in [-0.2, -0.15) is 5.10 Å². The van der Waals surface area contributed by atoms with E-state index in [1.165, 1.54) is 5.01 Å². The van der Waals surface area contributed by atoms with Gasteiger partial charge in [0.15, 0.2) is 0 Å². The lowest BCUT2D eigenvalue weighted by Gasteiger charge is -2.19. The molecule has 1 aromatic heterocycles. The Bertz CT molecular complexity index is 1160. The van der Waals surface area contributed by atoms with Gasteiger partial charge >= 0.3 is 0 Å². The lowest BCUT2D eigenvalue weighted by Crippen LogP contribution is -2.26. The summed E-state index contributed by atoms with van der Waals surface area (Å²) in [6, 6.07) is 19.1. The minimum Gasteiger partial charge on any atom is -0.467 e. The van der Waals surface area contributed by atoms with Crippen LogP contribution in [0.25, 0.3) is 0 Å². The number of amides is 1. The minimum absolute atomic E-state index is 0.229. The van der Waals surface area contributed by atoms with Gasteiger partial charge in [-0.1, -0.05) is 30.3 Å². The highest BCUT2D eigenvalue weighted by Crippen LogP contribution is 2.34. The predicted octanol–water partition coefficient (Wildman–Crippen LogP) is 3.64. The highest BCUT2D eigenvalue weighted by molar-refractivity contribution is 7.92. The van der Waals surface area contributed by atoms with Crippen molar-refractivity contribution < 1.29 is 17.6 Å². The Balaban J connectivity index is 1.69. The molecule has 0 saturated carbocycles. The molecule has 7 nitrogen and oxygen atoms in total. The number of nitrogens with zero attached hydrogens (tertiary/aromatic N) is 2. The van der Waals surface area contributed by atoms with Crippen molar-refractivity contribution in [2.75, 3.05) is 11.0 Å². The number of furan rings is 1. The summed E-state index contributed by atoms with van der Waals surface area (Å²) in [6.07, 6.45) is 3.11. The standard InChI is InChI=1S/C21H19N3O4S/c1-29(26,27)23-17-10-5-9-16(13-17)18-14-19(20-11-6-12-28-20)24(22-18)21(25)15-7-3-2-4-8-15/h2-13,19,23H,14H2,1H3. The van der Waals surface area contributed by atoms with E-state index in [1.807, 2.05) is 18.2 Å². The van der Waals surface area contributed by atoms with E-state index in [4.69, 9.17) is 4.42 Å². The first-order valence-electron chi connectivity index (χ1n) is 8.98. The summed E-state index contributed by atoms with van der Waals surface area (Å²) in [5, 5.41) is 6.00. The molecule has 0 bridgehead atoms. The maximum atomic E-state index is 13.1. The Morgan fingerprint density at radius 1 is 1.10 bits per heavy atom. The van der Waals surface area contributed by atoms with Crippen LogP contribution in [0.3, 0.4) is 0 Å². The highest BCUT2D eigenvalue weighted by Gasteiger charge is 2.35. The van der Waals surface area contributed by atoms with Gasteiger partial charge in [0.25, 0.3) is 5.91 Å². The second-order valence-electron chi connectivity index (χ2n) is 6.75. The van der Waals surface area contributed by atoms with Crippen LogP contribution in [0.5, 0.6) is 0 Å². The van der Waals surface area contributed by atoms with Crippen molar-refractivity contribution in [3.05, 3.63) is 89.9 Å². The Morgan fingerprint density at radius 3 is 2.59 bits per heavy atom. The van der Waals surface area contributed by atoms with E-state index in [1.54, 1.807) is 54.8 Å². The van der Waals surface area contributed by atoms with Crippen molar-refractivity contribution in [2.24, 2.45) is 5.10 Å². The molecule has 2 heterocycles. The zero-order chi connectivity index (χ0) is 20.4. The third kappa shape index (κ3) is 4.22. The Morgan fingerprint density at radius 2 is 1.90 bits per heavy atom. The summed E-state index contributed by atoms with van der Waals surface area (Å²) >= 11 is 0. The molecule has 0 fully saturated rings. The van der Waals surface area contributed by atoms with Gasteiger partial charge < -0.3 is 4.42 Å². The summed E-state index contributed by atoms with van der Waals surface area (Å²) in [5.41, 5.74) is 2.38. The van der Waals surface area contributed by atoms with E-state index >= 15 is 0 Å². The number of benzene rings is 2. The third-order valence-corrected chi connectivity index (χ3v) is 5.12. The van der Waals surface area contributed by atoms with Gasteiger partial charge in [0.05, 0.1) is 18.2 Å².